The largest absolute Gasteiger partial charge is 0.309 e. The second-order valence-corrected chi connectivity index (χ2v) is 6.93. The number of anilines is 1. The number of nitriles is 1. The number of carbonyl (C=O) groups excluding carboxylic acids is 1. The Morgan fingerprint density at radius 3 is 2.87 bits per heavy atom. The molecule has 1 aromatic heterocycles. The number of rotatable bonds is 1. The lowest BCUT2D eigenvalue weighted by atomic mass is 9.96. The highest BCUT2D eigenvalue weighted by Gasteiger charge is 2.32. The summed E-state index contributed by atoms with van der Waals surface area (Å²) in [6.07, 6.45) is 4.26. The molecule has 2 aromatic rings. The molecule has 4 rings (SSSR count). The first-order valence-corrected chi connectivity index (χ1v) is 8.53. The average molecular weight is 321 g/mol. The van der Waals surface area contributed by atoms with Crippen LogP contribution >= 0.6 is 11.3 Å². The number of thiophene rings is 1. The van der Waals surface area contributed by atoms with Gasteiger partial charge in [0.25, 0.3) is 5.91 Å². The minimum atomic E-state index is -0.110. The minimum absolute atomic E-state index is 0.110. The molecule has 2 heterocycles. The second-order valence-electron chi connectivity index (χ2n) is 5.84. The maximum absolute atomic E-state index is 12.5. The van der Waals surface area contributed by atoms with Gasteiger partial charge in [0.15, 0.2) is 0 Å². The number of hydrogen-bond acceptors (Lipinski definition) is 4. The van der Waals surface area contributed by atoms with E-state index in [0.717, 1.165) is 36.1 Å². The minimum Gasteiger partial charge on any atom is -0.309 e. The van der Waals surface area contributed by atoms with Gasteiger partial charge in [-0.1, -0.05) is 18.2 Å². The Hall–Kier alpha value is -2.45. The number of nitrogens with zero attached hydrogens (tertiary/aromatic N) is 3. The molecule has 2 aliphatic rings. The van der Waals surface area contributed by atoms with Gasteiger partial charge in [-0.15, -0.1) is 11.3 Å². The van der Waals surface area contributed by atoms with E-state index >= 15 is 0 Å². The van der Waals surface area contributed by atoms with E-state index in [1.807, 2.05) is 24.3 Å². The van der Waals surface area contributed by atoms with Crippen molar-refractivity contribution in [2.75, 3.05) is 11.9 Å². The van der Waals surface area contributed by atoms with Crippen LogP contribution in [-0.2, 0) is 17.6 Å². The van der Waals surface area contributed by atoms with E-state index in [4.69, 9.17) is 0 Å². The summed E-state index contributed by atoms with van der Waals surface area (Å²) in [6.45, 7) is 0. The Kier molecular flexibility index (Phi) is 3.28. The molecule has 0 bridgehead atoms. The number of aliphatic imine (C=N–C) groups is 1. The van der Waals surface area contributed by atoms with Crippen molar-refractivity contribution in [3.63, 3.8) is 0 Å². The topological polar surface area (TPSA) is 56.5 Å². The van der Waals surface area contributed by atoms with Gasteiger partial charge in [0.1, 0.15) is 16.8 Å². The van der Waals surface area contributed by atoms with E-state index in [0.29, 0.717) is 16.3 Å². The van der Waals surface area contributed by atoms with Crippen molar-refractivity contribution < 1.29 is 4.79 Å². The molecule has 0 spiro atoms. The Labute approximate surface area is 138 Å². The average Bonchev–Trinajstić information content (AvgIpc) is 3.06. The van der Waals surface area contributed by atoms with Crippen LogP contribution in [0.3, 0.4) is 0 Å². The lowest BCUT2D eigenvalue weighted by Crippen LogP contribution is -2.25. The number of aryl methyl sites for hydroxylation is 1. The summed E-state index contributed by atoms with van der Waals surface area (Å²) in [5.74, 6) is -0.110. The predicted molar refractivity (Wildman–Crippen MR) is 91.7 cm³/mol. The molecular weight excluding hydrogens is 306 g/mol. The highest BCUT2D eigenvalue weighted by atomic mass is 32.1. The van der Waals surface area contributed by atoms with Crippen molar-refractivity contribution in [2.45, 2.75) is 25.7 Å². The first kappa shape index (κ1) is 14.2. The highest BCUT2D eigenvalue weighted by molar-refractivity contribution is 7.16. The van der Waals surface area contributed by atoms with Crippen LogP contribution in [0.2, 0.25) is 0 Å². The Balaban J connectivity index is 1.87. The molecule has 4 nitrogen and oxygen atoms in total. The number of benzene rings is 1. The van der Waals surface area contributed by atoms with Gasteiger partial charge in [-0.05, 0) is 37.3 Å². The number of fused-ring (bicyclic) bond motifs is 2. The van der Waals surface area contributed by atoms with Crippen LogP contribution in [0.15, 0.2) is 29.3 Å². The summed E-state index contributed by atoms with van der Waals surface area (Å²) in [4.78, 5) is 20.0. The molecule has 0 fully saturated rings. The number of amides is 1. The lowest BCUT2D eigenvalue weighted by molar-refractivity contribution is -0.111. The van der Waals surface area contributed by atoms with E-state index in [2.05, 4.69) is 11.1 Å². The Morgan fingerprint density at radius 1 is 1.26 bits per heavy atom. The fourth-order valence-corrected chi connectivity index (χ4v) is 4.52. The van der Waals surface area contributed by atoms with Gasteiger partial charge in [-0.25, -0.2) is 4.99 Å². The molecular formula is C18H15N3OS. The summed E-state index contributed by atoms with van der Waals surface area (Å²) in [5.41, 5.74) is 3.97. The van der Waals surface area contributed by atoms with Gasteiger partial charge in [0, 0.05) is 17.5 Å². The standard InChI is InChI=1S/C18H15N3OS/c1-21-14-8-4-2-7-12(14)16(18(21)22)20-17-13(10-19)11-6-3-5-9-15(11)23-17/h2,4,7-8H,3,5-6,9H2,1H3/b20-16+. The quantitative estimate of drug-likeness (QED) is 0.806. The summed E-state index contributed by atoms with van der Waals surface area (Å²) in [5, 5.41) is 10.2. The third kappa shape index (κ3) is 2.10. The predicted octanol–water partition coefficient (Wildman–Crippen LogP) is 3.60. The first-order valence-electron chi connectivity index (χ1n) is 7.71. The zero-order valence-corrected chi connectivity index (χ0v) is 13.6. The number of para-hydroxylation sites is 1. The molecule has 0 N–H and O–H groups in total. The van der Waals surface area contributed by atoms with Crippen molar-refractivity contribution in [2.24, 2.45) is 4.99 Å². The highest BCUT2D eigenvalue weighted by Crippen LogP contribution is 2.40. The smallest absolute Gasteiger partial charge is 0.277 e. The van der Waals surface area contributed by atoms with E-state index < -0.39 is 0 Å². The fourth-order valence-electron chi connectivity index (χ4n) is 3.30. The summed E-state index contributed by atoms with van der Waals surface area (Å²) in [7, 11) is 1.76. The molecule has 5 heteroatoms. The van der Waals surface area contributed by atoms with E-state index in [9.17, 15) is 10.1 Å². The van der Waals surface area contributed by atoms with Gasteiger partial charge in [-0.3, -0.25) is 4.79 Å². The SMILES string of the molecule is CN1C(=O)/C(=N/c2sc3c(c2C#N)CCCC3)c2ccccc21. The zero-order valence-electron chi connectivity index (χ0n) is 12.8. The van der Waals surface area contributed by atoms with Crippen LogP contribution in [0.1, 0.15) is 34.4 Å². The summed E-state index contributed by atoms with van der Waals surface area (Å²) >= 11 is 1.57. The molecule has 23 heavy (non-hydrogen) atoms. The molecule has 0 atom stereocenters. The Morgan fingerprint density at radius 2 is 2.04 bits per heavy atom. The molecule has 1 aliphatic carbocycles. The molecule has 0 unspecified atom stereocenters. The maximum atomic E-state index is 12.5. The summed E-state index contributed by atoms with van der Waals surface area (Å²) < 4.78 is 0. The van der Waals surface area contributed by atoms with Gasteiger partial charge in [-0.2, -0.15) is 5.26 Å². The van der Waals surface area contributed by atoms with E-state index in [1.165, 1.54) is 11.3 Å². The molecule has 0 radical (unpaired) electrons. The second kappa shape index (κ2) is 5.32. The first-order chi connectivity index (χ1) is 11.2. The molecule has 0 saturated heterocycles. The van der Waals surface area contributed by atoms with Crippen LogP contribution < -0.4 is 4.90 Å². The monoisotopic (exact) mass is 321 g/mol. The van der Waals surface area contributed by atoms with Gasteiger partial charge in [0.2, 0.25) is 0 Å². The molecule has 1 amide bonds. The lowest BCUT2D eigenvalue weighted by Gasteiger charge is -2.09. The fraction of sp³-hybridized carbons (Fsp3) is 0.278. The third-order valence-electron chi connectivity index (χ3n) is 4.51. The van der Waals surface area contributed by atoms with Crippen LogP contribution in [0.25, 0.3) is 0 Å². The van der Waals surface area contributed by atoms with E-state index in [1.54, 1.807) is 23.3 Å². The molecule has 1 aliphatic heterocycles. The van der Waals surface area contributed by atoms with Crippen LogP contribution in [0, 0.1) is 11.3 Å². The normalized spacial score (nSPS) is 18.0. The maximum Gasteiger partial charge on any atom is 0.277 e. The third-order valence-corrected chi connectivity index (χ3v) is 5.69. The van der Waals surface area contributed by atoms with Crippen LogP contribution in [0.5, 0.6) is 0 Å². The van der Waals surface area contributed by atoms with Gasteiger partial charge in [0.05, 0.1) is 11.3 Å². The number of hydrogen-bond donors (Lipinski definition) is 0. The van der Waals surface area contributed by atoms with E-state index in [-0.39, 0.29) is 5.91 Å². The van der Waals surface area contributed by atoms with Crippen molar-refractivity contribution in [1.29, 1.82) is 5.26 Å². The van der Waals surface area contributed by atoms with Crippen molar-refractivity contribution in [1.82, 2.24) is 0 Å². The molecule has 1 aromatic carbocycles. The number of likely N-dealkylation sites (N-methyl/N-ethyl adjacent to an activating group) is 1. The molecule has 0 saturated carbocycles. The summed E-state index contributed by atoms with van der Waals surface area (Å²) in [6, 6.07) is 9.96. The van der Waals surface area contributed by atoms with Crippen molar-refractivity contribution in [3.05, 3.63) is 45.8 Å². The Bertz CT molecular complexity index is 888. The number of carbonyl (C=O) groups is 1. The van der Waals surface area contributed by atoms with Crippen LogP contribution in [-0.4, -0.2) is 18.7 Å². The van der Waals surface area contributed by atoms with Gasteiger partial charge < -0.3 is 4.90 Å². The van der Waals surface area contributed by atoms with Crippen molar-refractivity contribution in [3.8, 4) is 6.07 Å². The zero-order chi connectivity index (χ0) is 16.0. The van der Waals surface area contributed by atoms with Crippen LogP contribution in [0.4, 0.5) is 10.7 Å². The van der Waals surface area contributed by atoms with Gasteiger partial charge >= 0.3 is 0 Å². The van der Waals surface area contributed by atoms with Crippen molar-refractivity contribution >= 4 is 33.6 Å². The molecule has 114 valence electrons.